The number of hydrogen-bond acceptors (Lipinski definition) is 8. The molecule has 11 heteroatoms. The van der Waals surface area contributed by atoms with Crippen molar-refractivity contribution in [3.63, 3.8) is 0 Å². The number of aromatic nitrogens is 2. The lowest BCUT2D eigenvalue weighted by Crippen LogP contribution is -2.46. The lowest BCUT2D eigenvalue weighted by atomic mass is 10.2. The predicted octanol–water partition coefficient (Wildman–Crippen LogP) is 4.29. The van der Waals surface area contributed by atoms with Gasteiger partial charge in [0, 0.05) is 55.1 Å². The Morgan fingerprint density at radius 2 is 1.79 bits per heavy atom. The van der Waals surface area contributed by atoms with Crippen molar-refractivity contribution in [3.8, 4) is 17.2 Å². The van der Waals surface area contributed by atoms with Crippen molar-refractivity contribution >= 4 is 33.9 Å². The summed E-state index contributed by atoms with van der Waals surface area (Å²) in [7, 11) is 3.06. The molecule has 0 N–H and O–H groups in total. The molecule has 0 aliphatic carbocycles. The Morgan fingerprint density at radius 1 is 1.00 bits per heavy atom. The first kappa shape index (κ1) is 25.5. The molecule has 0 radical (unpaired) electrons. The molecule has 0 atom stereocenters. The largest absolute Gasteiger partial charge is 0.497 e. The molecule has 1 aliphatic heterocycles. The molecule has 38 heavy (non-hydrogen) atoms. The van der Waals surface area contributed by atoms with Crippen LogP contribution in [0.5, 0.6) is 11.5 Å². The highest BCUT2D eigenvalue weighted by atomic mass is 35.5. The minimum Gasteiger partial charge on any atom is -0.497 e. The van der Waals surface area contributed by atoms with Gasteiger partial charge in [-0.2, -0.15) is 0 Å². The van der Waals surface area contributed by atoms with Crippen LogP contribution in [0.1, 0.15) is 5.82 Å². The van der Waals surface area contributed by atoms with Crippen LogP contribution in [0.25, 0.3) is 16.6 Å². The van der Waals surface area contributed by atoms with E-state index in [9.17, 15) is 14.9 Å². The fourth-order valence-electron chi connectivity index (χ4n) is 4.69. The maximum Gasteiger partial charge on any atom is 0.270 e. The van der Waals surface area contributed by atoms with Crippen LogP contribution in [0.2, 0.25) is 5.02 Å². The lowest BCUT2D eigenvalue weighted by molar-refractivity contribution is -0.384. The number of rotatable bonds is 7. The van der Waals surface area contributed by atoms with E-state index in [0.717, 1.165) is 31.9 Å². The van der Waals surface area contributed by atoms with E-state index in [2.05, 4.69) is 9.80 Å². The number of nitro benzene ring substituents is 1. The maximum absolute atomic E-state index is 13.8. The number of anilines is 1. The van der Waals surface area contributed by atoms with Crippen LogP contribution in [-0.2, 0) is 6.54 Å². The van der Waals surface area contributed by atoms with Crippen molar-refractivity contribution in [1.82, 2.24) is 14.5 Å². The number of benzene rings is 3. The van der Waals surface area contributed by atoms with Crippen LogP contribution < -0.4 is 19.9 Å². The average Bonchev–Trinajstić information content (AvgIpc) is 2.93. The molecule has 10 nitrogen and oxygen atoms in total. The highest BCUT2D eigenvalue weighted by Gasteiger charge is 2.23. The van der Waals surface area contributed by atoms with Gasteiger partial charge >= 0.3 is 0 Å². The molecule has 1 aliphatic rings. The molecule has 0 spiro atoms. The van der Waals surface area contributed by atoms with Crippen molar-refractivity contribution in [2.75, 3.05) is 45.3 Å². The van der Waals surface area contributed by atoms with Gasteiger partial charge in [-0.25, -0.2) is 4.98 Å². The SMILES string of the molecule is COc1ccc(-n2c(CN3CCN(c4cccc(Cl)c4)CC3)nc3ccc([N+](=O)[O-])cc3c2=O)c(OC)c1. The van der Waals surface area contributed by atoms with Gasteiger partial charge < -0.3 is 14.4 Å². The van der Waals surface area contributed by atoms with Gasteiger partial charge in [-0.1, -0.05) is 17.7 Å². The Morgan fingerprint density at radius 3 is 2.47 bits per heavy atom. The summed E-state index contributed by atoms with van der Waals surface area (Å²) in [6, 6.07) is 17.1. The first-order chi connectivity index (χ1) is 18.4. The lowest BCUT2D eigenvalue weighted by Gasteiger charge is -2.36. The number of halogens is 1. The molecule has 3 aromatic carbocycles. The number of nitrogens with zero attached hydrogens (tertiary/aromatic N) is 5. The summed E-state index contributed by atoms with van der Waals surface area (Å²) in [6.45, 7) is 3.48. The Hall–Kier alpha value is -4.15. The molecule has 0 amide bonds. The second-order valence-corrected chi connectivity index (χ2v) is 9.34. The van der Waals surface area contributed by atoms with E-state index in [1.807, 2.05) is 24.3 Å². The molecule has 1 aromatic heterocycles. The number of piperazine rings is 1. The van der Waals surface area contributed by atoms with Crippen LogP contribution in [0.3, 0.4) is 0 Å². The third-order valence-electron chi connectivity index (χ3n) is 6.67. The Balaban J connectivity index is 1.54. The summed E-state index contributed by atoms with van der Waals surface area (Å²) in [6.07, 6.45) is 0. The van der Waals surface area contributed by atoms with Crippen molar-refractivity contribution in [2.45, 2.75) is 6.54 Å². The van der Waals surface area contributed by atoms with Gasteiger partial charge in [-0.3, -0.25) is 24.4 Å². The van der Waals surface area contributed by atoms with Gasteiger partial charge in [0.25, 0.3) is 11.2 Å². The van der Waals surface area contributed by atoms with Crippen LogP contribution in [0.15, 0.2) is 65.5 Å². The van der Waals surface area contributed by atoms with Gasteiger partial charge in [0.2, 0.25) is 0 Å². The topological polar surface area (TPSA) is 103 Å². The van der Waals surface area contributed by atoms with Crippen LogP contribution in [-0.4, -0.2) is 59.8 Å². The van der Waals surface area contributed by atoms with E-state index in [0.29, 0.717) is 40.1 Å². The standard InChI is InChI=1S/C27H26ClN5O5/c1-37-21-7-9-24(25(16-21)38-2)32-26(29-23-8-6-20(33(35)36)15-22(23)27(32)34)17-30-10-12-31(13-11-30)19-5-3-4-18(28)14-19/h3-9,14-16H,10-13,17H2,1-2H3. The molecule has 2 heterocycles. The maximum atomic E-state index is 13.8. The van der Waals surface area contributed by atoms with Crippen molar-refractivity contribution in [2.24, 2.45) is 0 Å². The monoisotopic (exact) mass is 535 g/mol. The molecule has 0 bridgehead atoms. The molecule has 0 saturated carbocycles. The number of nitro groups is 1. The number of methoxy groups -OCH3 is 2. The Bertz CT molecular complexity index is 1570. The molecule has 4 aromatic rings. The normalized spacial score (nSPS) is 14.0. The van der Waals surface area contributed by atoms with Crippen LogP contribution >= 0.6 is 11.6 Å². The van der Waals surface area contributed by atoms with Gasteiger partial charge in [0.15, 0.2) is 0 Å². The second-order valence-electron chi connectivity index (χ2n) is 8.91. The first-order valence-corrected chi connectivity index (χ1v) is 12.4. The number of hydrogen-bond donors (Lipinski definition) is 0. The summed E-state index contributed by atoms with van der Waals surface area (Å²) in [4.78, 5) is 34.0. The van der Waals surface area contributed by atoms with Gasteiger partial charge in [0.1, 0.15) is 17.3 Å². The summed E-state index contributed by atoms with van der Waals surface area (Å²) in [5.41, 5.74) is 1.37. The second kappa shape index (κ2) is 10.7. The number of fused-ring (bicyclic) bond motifs is 1. The van der Waals surface area contributed by atoms with Crippen LogP contribution in [0.4, 0.5) is 11.4 Å². The first-order valence-electron chi connectivity index (χ1n) is 12.0. The third kappa shape index (κ3) is 5.00. The zero-order chi connectivity index (χ0) is 26.8. The summed E-state index contributed by atoms with van der Waals surface area (Å²) >= 11 is 6.18. The molecule has 5 rings (SSSR count). The van der Waals surface area contributed by atoms with E-state index >= 15 is 0 Å². The quantitative estimate of drug-likeness (QED) is 0.255. The Labute approximate surface area is 223 Å². The summed E-state index contributed by atoms with van der Waals surface area (Å²) < 4.78 is 12.4. The number of ether oxygens (including phenoxy) is 2. The minimum absolute atomic E-state index is 0.159. The van der Waals surface area contributed by atoms with Gasteiger partial charge in [-0.15, -0.1) is 0 Å². The molecule has 196 valence electrons. The van der Waals surface area contributed by atoms with E-state index in [1.54, 1.807) is 25.3 Å². The number of non-ortho nitro benzene ring substituents is 1. The third-order valence-corrected chi connectivity index (χ3v) is 6.91. The Kier molecular flexibility index (Phi) is 7.17. The van der Waals surface area contributed by atoms with E-state index in [1.165, 1.54) is 29.9 Å². The van der Waals surface area contributed by atoms with Crippen molar-refractivity contribution < 1.29 is 14.4 Å². The zero-order valence-electron chi connectivity index (χ0n) is 21.0. The highest BCUT2D eigenvalue weighted by molar-refractivity contribution is 6.30. The minimum atomic E-state index is -0.523. The molecular weight excluding hydrogens is 510 g/mol. The fourth-order valence-corrected chi connectivity index (χ4v) is 4.88. The van der Waals surface area contributed by atoms with Crippen molar-refractivity contribution in [1.29, 1.82) is 0 Å². The zero-order valence-corrected chi connectivity index (χ0v) is 21.7. The summed E-state index contributed by atoms with van der Waals surface area (Å²) in [5, 5.41) is 12.2. The average molecular weight is 536 g/mol. The van der Waals surface area contributed by atoms with E-state index in [4.69, 9.17) is 26.1 Å². The van der Waals surface area contributed by atoms with E-state index < -0.39 is 10.5 Å². The highest BCUT2D eigenvalue weighted by Crippen LogP contribution is 2.29. The van der Waals surface area contributed by atoms with E-state index in [-0.39, 0.29) is 11.1 Å². The molecular formula is C27H26ClN5O5. The molecule has 0 unspecified atom stereocenters. The smallest absolute Gasteiger partial charge is 0.270 e. The predicted molar refractivity (Wildman–Crippen MR) is 146 cm³/mol. The molecule has 1 fully saturated rings. The fraction of sp³-hybridized carbons (Fsp3) is 0.259. The van der Waals surface area contributed by atoms with Gasteiger partial charge in [-0.05, 0) is 36.4 Å². The molecule has 1 saturated heterocycles. The van der Waals surface area contributed by atoms with Gasteiger partial charge in [0.05, 0.1) is 42.3 Å². The van der Waals surface area contributed by atoms with Crippen LogP contribution in [0, 0.1) is 10.1 Å². The van der Waals surface area contributed by atoms with Crippen molar-refractivity contribution in [3.05, 3.63) is 92.0 Å². The summed E-state index contributed by atoms with van der Waals surface area (Å²) in [5.74, 6) is 1.50.